The van der Waals surface area contributed by atoms with E-state index in [4.69, 9.17) is 23.2 Å². The molecule has 2 aliphatic carbocycles. The standard InChI is InChI=1S/C25H44Cl2N2O3S/c1-4-17-33(31,32)19-13-11-18(12-14-19)23(25(5-2)15-6-7-16-29(25)3)28-24(30)20-9-8-10-21(26)22(20)27/h18-23H,4-17H2,1-3H3,(H,28,30). The molecule has 3 fully saturated rings. The third-order valence-corrected chi connectivity index (χ3v) is 12.5. The van der Waals surface area contributed by atoms with Crippen LogP contribution in [0.4, 0.5) is 0 Å². The van der Waals surface area contributed by atoms with E-state index in [9.17, 15) is 13.2 Å². The van der Waals surface area contributed by atoms with Gasteiger partial charge in [-0.2, -0.15) is 0 Å². The summed E-state index contributed by atoms with van der Waals surface area (Å²) in [7, 11) is -0.829. The Hall–Kier alpha value is -0.0400. The summed E-state index contributed by atoms with van der Waals surface area (Å²) in [5.41, 5.74) is -0.0927. The fourth-order valence-corrected chi connectivity index (χ4v) is 9.40. The summed E-state index contributed by atoms with van der Waals surface area (Å²) < 4.78 is 25.4. The molecule has 1 amide bonds. The second-order valence-corrected chi connectivity index (χ2v) is 14.2. The molecule has 0 aromatic rings. The van der Waals surface area contributed by atoms with E-state index in [0.717, 1.165) is 57.9 Å². The number of hydrogen-bond acceptors (Lipinski definition) is 4. The van der Waals surface area contributed by atoms with Crippen molar-refractivity contribution >= 4 is 38.9 Å². The average molecular weight is 524 g/mol. The smallest absolute Gasteiger partial charge is 0.224 e. The zero-order valence-corrected chi connectivity index (χ0v) is 23.0. The Morgan fingerprint density at radius 3 is 2.36 bits per heavy atom. The molecule has 1 N–H and O–H groups in total. The van der Waals surface area contributed by atoms with E-state index in [2.05, 4.69) is 24.2 Å². The largest absolute Gasteiger partial charge is 0.351 e. The number of halogens is 2. The van der Waals surface area contributed by atoms with Crippen molar-refractivity contribution in [2.45, 2.75) is 118 Å². The van der Waals surface area contributed by atoms with Crippen LogP contribution in [0.25, 0.3) is 0 Å². The van der Waals surface area contributed by atoms with E-state index in [1.807, 2.05) is 6.92 Å². The second kappa shape index (κ2) is 11.8. The quantitative estimate of drug-likeness (QED) is 0.448. The molecule has 0 aromatic heterocycles. The van der Waals surface area contributed by atoms with Crippen molar-refractivity contribution in [1.29, 1.82) is 0 Å². The molecule has 0 bridgehead atoms. The van der Waals surface area contributed by atoms with Gasteiger partial charge in [0.2, 0.25) is 5.91 Å². The lowest BCUT2D eigenvalue weighted by Gasteiger charge is -2.53. The summed E-state index contributed by atoms with van der Waals surface area (Å²) >= 11 is 13.0. The van der Waals surface area contributed by atoms with Gasteiger partial charge in [0.05, 0.1) is 27.7 Å². The van der Waals surface area contributed by atoms with Crippen LogP contribution in [-0.2, 0) is 14.6 Å². The minimum Gasteiger partial charge on any atom is -0.351 e. The maximum absolute atomic E-state index is 13.6. The molecule has 5 atom stereocenters. The van der Waals surface area contributed by atoms with E-state index in [1.165, 1.54) is 6.42 Å². The number of nitrogens with one attached hydrogen (secondary N) is 1. The van der Waals surface area contributed by atoms with Gasteiger partial charge in [-0.1, -0.05) is 26.7 Å². The number of carbonyl (C=O) groups is 1. The molecule has 192 valence electrons. The zero-order chi connectivity index (χ0) is 24.2. The molecule has 3 aliphatic rings. The lowest BCUT2D eigenvalue weighted by Crippen LogP contribution is -2.66. The van der Waals surface area contributed by atoms with Crippen molar-refractivity contribution in [3.63, 3.8) is 0 Å². The Labute approximate surface area is 211 Å². The van der Waals surface area contributed by atoms with Gasteiger partial charge >= 0.3 is 0 Å². The van der Waals surface area contributed by atoms with Crippen LogP contribution >= 0.6 is 23.2 Å². The number of carbonyl (C=O) groups excluding carboxylic acids is 1. The van der Waals surface area contributed by atoms with Crippen LogP contribution in [0.5, 0.6) is 0 Å². The van der Waals surface area contributed by atoms with Crippen molar-refractivity contribution in [2.75, 3.05) is 19.3 Å². The number of amides is 1. The first-order valence-electron chi connectivity index (χ1n) is 13.2. The van der Waals surface area contributed by atoms with Gasteiger partial charge in [0.25, 0.3) is 0 Å². The zero-order valence-electron chi connectivity index (χ0n) is 20.7. The minimum absolute atomic E-state index is 0.00898. The van der Waals surface area contributed by atoms with Crippen LogP contribution in [0.2, 0.25) is 0 Å². The van der Waals surface area contributed by atoms with Crippen molar-refractivity contribution in [2.24, 2.45) is 11.8 Å². The molecule has 1 aliphatic heterocycles. The Kier molecular flexibility index (Phi) is 9.85. The molecule has 5 unspecified atom stereocenters. The molecule has 1 saturated heterocycles. The first kappa shape index (κ1) is 27.5. The van der Waals surface area contributed by atoms with Gasteiger partial charge in [-0.25, -0.2) is 8.42 Å². The van der Waals surface area contributed by atoms with Crippen LogP contribution < -0.4 is 5.32 Å². The molecule has 0 aromatic carbocycles. The van der Waals surface area contributed by atoms with E-state index in [1.54, 1.807) is 0 Å². The Bertz CT molecular complexity index is 757. The van der Waals surface area contributed by atoms with Gasteiger partial charge in [-0.15, -0.1) is 23.2 Å². The van der Waals surface area contributed by atoms with E-state index in [-0.39, 0.29) is 51.1 Å². The lowest BCUT2D eigenvalue weighted by atomic mass is 9.69. The number of likely N-dealkylation sites (N-methyl/N-ethyl adjacent to an activating group) is 1. The number of sulfone groups is 1. The Balaban J connectivity index is 1.81. The summed E-state index contributed by atoms with van der Waals surface area (Å²) in [6.45, 7) is 5.20. The Morgan fingerprint density at radius 2 is 1.76 bits per heavy atom. The van der Waals surface area contributed by atoms with Crippen LogP contribution in [-0.4, -0.2) is 66.2 Å². The summed E-state index contributed by atoms with van der Waals surface area (Å²) in [5.74, 6) is 0.349. The molecule has 33 heavy (non-hydrogen) atoms. The molecule has 0 spiro atoms. The highest BCUT2D eigenvalue weighted by Gasteiger charge is 2.48. The normalized spacial score (nSPS) is 37.4. The number of nitrogens with zero attached hydrogens (tertiary/aromatic N) is 1. The number of piperidine rings is 1. The van der Waals surface area contributed by atoms with Gasteiger partial charge in [0.15, 0.2) is 9.84 Å². The molecule has 0 radical (unpaired) electrons. The van der Waals surface area contributed by atoms with Gasteiger partial charge < -0.3 is 5.32 Å². The topological polar surface area (TPSA) is 66.5 Å². The highest BCUT2D eigenvalue weighted by atomic mass is 35.5. The van der Waals surface area contributed by atoms with E-state index in [0.29, 0.717) is 19.3 Å². The van der Waals surface area contributed by atoms with Gasteiger partial charge in [0, 0.05) is 11.6 Å². The predicted molar refractivity (Wildman–Crippen MR) is 138 cm³/mol. The number of alkyl halides is 2. The summed E-state index contributed by atoms with van der Waals surface area (Å²) in [6.07, 6.45) is 10.7. The van der Waals surface area contributed by atoms with Crippen molar-refractivity contribution in [3.05, 3.63) is 0 Å². The van der Waals surface area contributed by atoms with Crippen LogP contribution in [0.15, 0.2) is 0 Å². The molecule has 5 nitrogen and oxygen atoms in total. The minimum atomic E-state index is -3.02. The Morgan fingerprint density at radius 1 is 1.06 bits per heavy atom. The van der Waals surface area contributed by atoms with Crippen molar-refractivity contribution in [1.82, 2.24) is 10.2 Å². The lowest BCUT2D eigenvalue weighted by molar-refractivity contribution is -0.129. The van der Waals surface area contributed by atoms with Gasteiger partial charge in [-0.05, 0) is 83.7 Å². The molecule has 8 heteroatoms. The molecular weight excluding hydrogens is 479 g/mol. The monoisotopic (exact) mass is 522 g/mol. The molecule has 3 rings (SSSR count). The number of hydrogen-bond donors (Lipinski definition) is 1. The average Bonchev–Trinajstić information content (AvgIpc) is 2.80. The van der Waals surface area contributed by atoms with E-state index < -0.39 is 9.84 Å². The highest BCUT2D eigenvalue weighted by Crippen LogP contribution is 2.42. The number of rotatable bonds is 8. The van der Waals surface area contributed by atoms with Gasteiger partial charge in [-0.3, -0.25) is 9.69 Å². The first-order valence-corrected chi connectivity index (χ1v) is 15.8. The maximum atomic E-state index is 13.6. The van der Waals surface area contributed by atoms with Crippen LogP contribution in [0.3, 0.4) is 0 Å². The van der Waals surface area contributed by atoms with Crippen LogP contribution in [0, 0.1) is 11.8 Å². The molecule has 1 heterocycles. The summed E-state index contributed by atoms with van der Waals surface area (Å²) in [4.78, 5) is 16.0. The fourth-order valence-electron chi connectivity index (χ4n) is 6.82. The fraction of sp³-hybridized carbons (Fsp3) is 0.960. The SMILES string of the molecule is CCCS(=O)(=O)C1CCC(C(NC(=O)C2CCCC(Cl)C2Cl)C2(CC)CCCCN2C)CC1. The third-order valence-electron chi connectivity index (χ3n) is 8.85. The van der Waals surface area contributed by atoms with Crippen LogP contribution in [0.1, 0.15) is 90.9 Å². The summed E-state index contributed by atoms with van der Waals surface area (Å²) in [5, 5.41) is 2.78. The molecule has 2 saturated carbocycles. The summed E-state index contributed by atoms with van der Waals surface area (Å²) in [6, 6.07) is 0.00898. The number of likely N-dealkylation sites (tertiary alicyclic amines) is 1. The van der Waals surface area contributed by atoms with E-state index >= 15 is 0 Å². The second-order valence-electron chi connectivity index (χ2n) is 10.7. The third kappa shape index (κ3) is 6.03. The highest BCUT2D eigenvalue weighted by molar-refractivity contribution is 7.92. The van der Waals surface area contributed by atoms with Crippen molar-refractivity contribution in [3.8, 4) is 0 Å². The van der Waals surface area contributed by atoms with Gasteiger partial charge in [0.1, 0.15) is 0 Å². The molecular formula is C25H44Cl2N2O3S. The maximum Gasteiger partial charge on any atom is 0.224 e. The predicted octanol–water partition coefficient (Wildman–Crippen LogP) is 5.13. The first-order chi connectivity index (χ1) is 15.7. The van der Waals surface area contributed by atoms with Crippen molar-refractivity contribution < 1.29 is 13.2 Å².